The maximum atomic E-state index is 12.0. The van der Waals surface area contributed by atoms with Crippen LogP contribution in [0, 0.1) is 13.8 Å². The lowest BCUT2D eigenvalue weighted by molar-refractivity contribution is -0.148. The van der Waals surface area contributed by atoms with Gasteiger partial charge in [0.15, 0.2) is 0 Å². The molecule has 20 heavy (non-hydrogen) atoms. The second kappa shape index (κ2) is 6.14. The molecule has 5 heteroatoms. The fourth-order valence-electron chi connectivity index (χ4n) is 2.85. The highest BCUT2D eigenvalue weighted by Gasteiger charge is 2.45. The number of rotatable bonds is 4. The van der Waals surface area contributed by atoms with Gasteiger partial charge in [-0.3, -0.25) is 4.79 Å². The van der Waals surface area contributed by atoms with Crippen molar-refractivity contribution in [1.29, 1.82) is 0 Å². The smallest absolute Gasteiger partial charge is 0.326 e. The highest BCUT2D eigenvalue weighted by Crippen LogP contribution is 2.40. The first-order valence-corrected chi connectivity index (χ1v) is 7.76. The monoisotopic (exact) mass is 294 g/mol. The van der Waals surface area contributed by atoms with Crippen LogP contribution >= 0.6 is 11.8 Å². The Morgan fingerprint density at radius 2 is 2.25 bits per heavy atom. The van der Waals surface area contributed by atoms with E-state index in [2.05, 4.69) is 29.4 Å². The number of carbonyl (C=O) groups is 1. The molecular weight excluding hydrogens is 272 g/mol. The van der Waals surface area contributed by atoms with Gasteiger partial charge in [0.05, 0.1) is 12.1 Å². The summed E-state index contributed by atoms with van der Waals surface area (Å²) < 4.78 is 4.94. The third-order valence-corrected chi connectivity index (χ3v) is 5.07. The largest absolute Gasteiger partial charge is 0.468 e. The molecule has 1 aromatic rings. The second-order valence-electron chi connectivity index (χ2n) is 5.43. The van der Waals surface area contributed by atoms with Crippen LogP contribution in [0.1, 0.15) is 30.5 Å². The number of hydrogen-bond donors (Lipinski definition) is 1. The van der Waals surface area contributed by atoms with Crippen molar-refractivity contribution in [3.8, 4) is 0 Å². The summed E-state index contributed by atoms with van der Waals surface area (Å²) in [6.45, 7) is 4.10. The number of methoxy groups -OCH3 is 1. The number of nitrogens with zero attached hydrogens (tertiary/aromatic N) is 1. The number of nitrogens with one attached hydrogen (secondary N) is 1. The van der Waals surface area contributed by atoms with Gasteiger partial charge in [-0.05, 0) is 57.9 Å². The zero-order valence-corrected chi connectivity index (χ0v) is 13.3. The number of carbonyl (C=O) groups excluding carboxylic acids is 1. The molecule has 1 aromatic heterocycles. The molecule has 1 aliphatic rings. The van der Waals surface area contributed by atoms with Crippen LogP contribution in [0.5, 0.6) is 0 Å². The number of ether oxygens (including phenoxy) is 1. The maximum absolute atomic E-state index is 12.0. The molecule has 0 bridgehead atoms. The average molecular weight is 294 g/mol. The molecule has 1 fully saturated rings. The lowest BCUT2D eigenvalue weighted by Crippen LogP contribution is -2.49. The summed E-state index contributed by atoms with van der Waals surface area (Å²) in [5.74, 6) is -0.156. The number of esters is 1. The first-order valence-electron chi connectivity index (χ1n) is 6.88. The molecule has 4 nitrogen and oxygen atoms in total. The summed E-state index contributed by atoms with van der Waals surface area (Å²) in [7, 11) is 3.28. The number of likely N-dealkylation sites (N-methyl/N-ethyl adjacent to an activating group) is 1. The van der Waals surface area contributed by atoms with E-state index < -0.39 is 5.54 Å². The van der Waals surface area contributed by atoms with Crippen LogP contribution < -0.4 is 5.32 Å². The molecular formula is C15H22N2O2S. The van der Waals surface area contributed by atoms with Crippen molar-refractivity contribution in [2.75, 3.05) is 14.2 Å². The third kappa shape index (κ3) is 3.15. The van der Waals surface area contributed by atoms with E-state index in [1.807, 2.05) is 14.0 Å². The van der Waals surface area contributed by atoms with Gasteiger partial charge in [-0.15, -0.1) is 11.8 Å². The van der Waals surface area contributed by atoms with E-state index in [-0.39, 0.29) is 5.97 Å². The molecule has 1 aliphatic carbocycles. The lowest BCUT2D eigenvalue weighted by atomic mass is 9.98. The van der Waals surface area contributed by atoms with E-state index in [0.717, 1.165) is 30.0 Å². The van der Waals surface area contributed by atoms with Crippen molar-refractivity contribution in [2.45, 2.75) is 48.9 Å². The third-order valence-electron chi connectivity index (χ3n) is 3.89. The topological polar surface area (TPSA) is 51.2 Å². The number of aromatic nitrogens is 1. The Labute approximate surface area is 124 Å². The fourth-order valence-corrected chi connectivity index (χ4v) is 4.24. The van der Waals surface area contributed by atoms with E-state index in [9.17, 15) is 4.79 Å². The number of pyridine rings is 1. The van der Waals surface area contributed by atoms with Crippen LogP contribution in [0.2, 0.25) is 0 Å². The Bertz CT molecular complexity index is 486. The maximum Gasteiger partial charge on any atom is 0.326 e. The molecule has 0 aliphatic heterocycles. The molecule has 2 atom stereocenters. The molecule has 110 valence electrons. The van der Waals surface area contributed by atoms with Crippen molar-refractivity contribution in [3.63, 3.8) is 0 Å². The molecule has 2 unspecified atom stereocenters. The van der Waals surface area contributed by atoms with Gasteiger partial charge >= 0.3 is 5.97 Å². The first-order chi connectivity index (χ1) is 9.49. The molecule has 1 heterocycles. The summed E-state index contributed by atoms with van der Waals surface area (Å²) >= 11 is 1.77. The summed E-state index contributed by atoms with van der Waals surface area (Å²) in [6.07, 6.45) is 2.60. The molecule has 0 spiro atoms. The molecule has 0 amide bonds. The summed E-state index contributed by atoms with van der Waals surface area (Å²) in [5.41, 5.74) is 1.75. The van der Waals surface area contributed by atoms with Gasteiger partial charge in [-0.25, -0.2) is 4.98 Å². The minimum Gasteiger partial charge on any atom is -0.468 e. The van der Waals surface area contributed by atoms with Crippen molar-refractivity contribution >= 4 is 17.7 Å². The standard InChI is InChI=1S/C15H22N2O2S/c1-10-7-11(2)17-13(8-10)20-12-5-6-15(9-12,16-3)14(18)19-4/h7-8,12,16H,5-6,9H2,1-4H3. The van der Waals surface area contributed by atoms with Crippen LogP contribution in [0.25, 0.3) is 0 Å². The van der Waals surface area contributed by atoms with Gasteiger partial charge in [0.1, 0.15) is 5.54 Å². The molecule has 0 aromatic carbocycles. The van der Waals surface area contributed by atoms with E-state index in [1.54, 1.807) is 11.8 Å². The number of thioether (sulfide) groups is 1. The van der Waals surface area contributed by atoms with Gasteiger partial charge in [0.25, 0.3) is 0 Å². The highest BCUT2D eigenvalue weighted by molar-refractivity contribution is 7.99. The minimum absolute atomic E-state index is 0.156. The molecule has 0 radical (unpaired) electrons. The molecule has 1 saturated carbocycles. The van der Waals surface area contributed by atoms with E-state index >= 15 is 0 Å². The Kier molecular flexibility index (Phi) is 4.70. The lowest BCUT2D eigenvalue weighted by Gasteiger charge is -2.25. The zero-order valence-electron chi connectivity index (χ0n) is 12.5. The van der Waals surface area contributed by atoms with Gasteiger partial charge in [-0.1, -0.05) is 0 Å². The van der Waals surface area contributed by atoms with Crippen molar-refractivity contribution < 1.29 is 9.53 Å². The van der Waals surface area contributed by atoms with Gasteiger partial charge in [-0.2, -0.15) is 0 Å². The normalized spacial score (nSPS) is 25.7. The van der Waals surface area contributed by atoms with E-state index in [1.165, 1.54) is 12.7 Å². The molecule has 2 rings (SSSR count). The summed E-state index contributed by atoms with van der Waals surface area (Å²) in [6, 6.07) is 4.18. The van der Waals surface area contributed by atoms with Gasteiger partial charge in [0.2, 0.25) is 0 Å². The highest BCUT2D eigenvalue weighted by atomic mass is 32.2. The van der Waals surface area contributed by atoms with Crippen LogP contribution in [-0.4, -0.2) is 35.9 Å². The van der Waals surface area contributed by atoms with E-state index in [4.69, 9.17) is 4.74 Å². The Hall–Kier alpha value is -1.07. The first kappa shape index (κ1) is 15.3. The van der Waals surface area contributed by atoms with Crippen molar-refractivity contribution in [3.05, 3.63) is 23.4 Å². The van der Waals surface area contributed by atoms with Crippen molar-refractivity contribution in [1.82, 2.24) is 10.3 Å². The number of hydrogen-bond acceptors (Lipinski definition) is 5. The summed E-state index contributed by atoms with van der Waals surface area (Å²) in [5, 5.41) is 4.60. The number of aryl methyl sites for hydroxylation is 2. The van der Waals surface area contributed by atoms with Gasteiger partial charge < -0.3 is 10.1 Å². The molecule has 1 N–H and O–H groups in total. The van der Waals surface area contributed by atoms with Crippen LogP contribution in [0.15, 0.2) is 17.2 Å². The average Bonchev–Trinajstić information content (AvgIpc) is 2.81. The molecule has 0 saturated heterocycles. The van der Waals surface area contributed by atoms with Crippen LogP contribution in [0.3, 0.4) is 0 Å². The van der Waals surface area contributed by atoms with Crippen molar-refractivity contribution in [2.24, 2.45) is 0 Å². The Morgan fingerprint density at radius 3 is 2.85 bits per heavy atom. The van der Waals surface area contributed by atoms with Crippen LogP contribution in [0.4, 0.5) is 0 Å². The Balaban J connectivity index is 2.07. The zero-order chi connectivity index (χ0) is 14.8. The van der Waals surface area contributed by atoms with Crippen LogP contribution in [-0.2, 0) is 9.53 Å². The predicted octanol–water partition coefficient (Wildman–Crippen LogP) is 2.47. The SMILES string of the molecule is CNC1(C(=O)OC)CCC(Sc2cc(C)cc(C)n2)C1. The quantitative estimate of drug-likeness (QED) is 0.865. The predicted molar refractivity (Wildman–Crippen MR) is 81.0 cm³/mol. The fraction of sp³-hybridized carbons (Fsp3) is 0.600. The second-order valence-corrected chi connectivity index (χ2v) is 6.75. The van der Waals surface area contributed by atoms with E-state index in [0.29, 0.717) is 5.25 Å². The van der Waals surface area contributed by atoms with Gasteiger partial charge in [0, 0.05) is 10.9 Å². The minimum atomic E-state index is -0.523. The summed E-state index contributed by atoms with van der Waals surface area (Å²) in [4.78, 5) is 16.5. The Morgan fingerprint density at radius 1 is 1.50 bits per heavy atom.